The summed E-state index contributed by atoms with van der Waals surface area (Å²) in [7, 11) is -10.9. The van der Waals surface area contributed by atoms with E-state index in [9.17, 15) is 38.3 Å². The maximum atomic E-state index is 11.0. The summed E-state index contributed by atoms with van der Waals surface area (Å²) in [6, 6.07) is 3.09. The summed E-state index contributed by atoms with van der Waals surface area (Å²) in [5.74, 6) is 0. The molecular weight excluding hydrogens is 332 g/mol. The van der Waals surface area contributed by atoms with Gasteiger partial charge in [0, 0.05) is 26.3 Å². The maximum absolute atomic E-state index is 11.0. The fourth-order valence-electron chi connectivity index (χ4n) is 1.07. The molecule has 1 aromatic carbocycles. The molecule has 0 aromatic heterocycles. The summed E-state index contributed by atoms with van der Waals surface area (Å²) in [4.78, 5) is 63.7. The van der Waals surface area contributed by atoms with Crippen molar-refractivity contribution in [2.24, 2.45) is 0 Å². The van der Waals surface area contributed by atoms with Crippen LogP contribution >= 0.6 is 15.2 Å². The summed E-state index contributed by atoms with van der Waals surface area (Å²) in [6.45, 7) is 0. The number of hydrogen-bond acceptors (Lipinski definition) is 8. The Hall–Kier alpha value is 0.860. The Kier molecular flexibility index (Phi) is 9.81. The fraction of sp³-hybridized carbons (Fsp3) is 0. The predicted molar refractivity (Wildman–Crippen MR) is 52.5 cm³/mol. The predicted octanol–water partition coefficient (Wildman–Crippen LogP) is -7.97. The number of carbonyl (C=O) groups is 2. The van der Waals surface area contributed by atoms with Crippen molar-refractivity contribution < 1.29 is 100 Å². The minimum absolute atomic E-state index is 0. The molecule has 0 aliphatic heterocycles. The standard InChI is InChI=1S/C8H8O8P2.2Na/c9-7(17(11,12)13)5-1-2-6(4-3-5)8(10)18(14,15)16;;/h1-4H,(H2,11,12,13)(H2,14,15,16);;/q;2*+1/p-2. The van der Waals surface area contributed by atoms with Crippen molar-refractivity contribution in [2.75, 3.05) is 0 Å². The Balaban J connectivity index is -0.000000405. The first-order chi connectivity index (χ1) is 8.03. The van der Waals surface area contributed by atoms with E-state index in [1.165, 1.54) is 0 Å². The molecule has 12 heteroatoms. The van der Waals surface area contributed by atoms with Crippen LogP contribution in [-0.2, 0) is 9.13 Å². The second-order valence-corrected chi connectivity index (χ2v) is 5.98. The van der Waals surface area contributed by atoms with E-state index in [1.54, 1.807) is 0 Å². The average molecular weight is 338 g/mol. The molecule has 98 valence electrons. The summed E-state index contributed by atoms with van der Waals surface area (Å²) in [5, 5.41) is 0. The number of carbonyl (C=O) groups excluding carboxylic acids is 2. The van der Waals surface area contributed by atoms with E-state index in [4.69, 9.17) is 0 Å². The van der Waals surface area contributed by atoms with E-state index in [0.717, 1.165) is 24.3 Å². The maximum Gasteiger partial charge on any atom is 1.00 e. The zero-order valence-electron chi connectivity index (χ0n) is 12.5. The van der Waals surface area contributed by atoms with E-state index >= 15 is 0 Å². The van der Waals surface area contributed by atoms with Crippen molar-refractivity contribution in [2.45, 2.75) is 0 Å². The van der Waals surface area contributed by atoms with Crippen molar-refractivity contribution in [1.29, 1.82) is 0 Å². The third-order valence-corrected chi connectivity index (χ3v) is 3.39. The monoisotopic (exact) mass is 338 g/mol. The molecule has 0 unspecified atom stereocenters. The first kappa shape index (κ1) is 23.1. The van der Waals surface area contributed by atoms with Gasteiger partial charge in [0.25, 0.3) is 0 Å². The smallest absolute Gasteiger partial charge is 0.805 e. The Labute approximate surface area is 160 Å². The normalized spacial score (nSPS) is 11.0. The van der Waals surface area contributed by atoms with E-state index in [-0.39, 0.29) is 62.0 Å². The topological polar surface area (TPSA) is 161 Å². The van der Waals surface area contributed by atoms with Gasteiger partial charge in [-0.1, -0.05) is 24.3 Å². The van der Waals surface area contributed by atoms with Gasteiger partial charge in [-0.3, -0.25) is 9.59 Å². The molecule has 0 bridgehead atoms. The van der Waals surface area contributed by atoms with E-state index < -0.39 is 37.4 Å². The molecule has 0 spiro atoms. The number of benzene rings is 1. The average Bonchev–Trinajstić information content (AvgIpc) is 2.25. The molecule has 0 N–H and O–H groups in total. The summed E-state index contributed by atoms with van der Waals surface area (Å²) in [6.07, 6.45) is 0. The fourth-order valence-corrected chi connectivity index (χ4v) is 2.00. The second-order valence-electron chi connectivity index (χ2n) is 3.18. The molecule has 0 saturated heterocycles. The molecule has 8 nitrogen and oxygen atoms in total. The van der Waals surface area contributed by atoms with E-state index in [0.29, 0.717) is 0 Å². The molecule has 0 radical (unpaired) electrons. The minimum atomic E-state index is -5.45. The van der Waals surface area contributed by atoms with Gasteiger partial charge in [0.2, 0.25) is 0 Å². The summed E-state index contributed by atoms with van der Waals surface area (Å²) >= 11 is 0. The molecule has 0 fully saturated rings. The molecule has 0 aliphatic carbocycles. The minimum Gasteiger partial charge on any atom is -0.805 e. The van der Waals surface area contributed by atoms with Gasteiger partial charge in [0.05, 0.1) is 0 Å². The third kappa shape index (κ3) is 6.32. The van der Waals surface area contributed by atoms with Crippen molar-refractivity contribution in [3.05, 3.63) is 35.4 Å². The number of hydrogen-bond donors (Lipinski definition) is 0. The van der Waals surface area contributed by atoms with Crippen LogP contribution in [-0.4, -0.2) is 11.0 Å². The Morgan fingerprint density at radius 2 is 0.950 bits per heavy atom. The van der Waals surface area contributed by atoms with Gasteiger partial charge < -0.3 is 28.7 Å². The Bertz CT molecular complexity index is 544. The molecule has 1 rings (SSSR count). The molecule has 1 aromatic rings. The van der Waals surface area contributed by atoms with Gasteiger partial charge in [0.15, 0.2) is 11.0 Å². The Morgan fingerprint density at radius 1 is 0.750 bits per heavy atom. The van der Waals surface area contributed by atoms with Crippen LogP contribution in [0.5, 0.6) is 0 Å². The van der Waals surface area contributed by atoms with Crippen LogP contribution in [0.15, 0.2) is 24.3 Å². The van der Waals surface area contributed by atoms with Crippen molar-refractivity contribution in [3.63, 3.8) is 0 Å². The molecule has 0 heterocycles. The zero-order valence-corrected chi connectivity index (χ0v) is 16.3. The second kappa shape index (κ2) is 8.48. The Morgan fingerprint density at radius 3 is 1.10 bits per heavy atom. The molecule has 0 saturated carbocycles. The first-order valence-electron chi connectivity index (χ1n) is 4.27. The summed E-state index contributed by atoms with van der Waals surface area (Å²) in [5.41, 5.74) is -4.42. The van der Waals surface area contributed by atoms with Gasteiger partial charge in [-0.15, -0.1) is 0 Å². The van der Waals surface area contributed by atoms with Crippen LogP contribution in [0, 0.1) is 0 Å². The van der Waals surface area contributed by atoms with Crippen LogP contribution in [0.1, 0.15) is 23.6 Å². The van der Waals surface area contributed by atoms with Crippen LogP contribution < -0.4 is 78.7 Å². The van der Waals surface area contributed by atoms with Crippen molar-refractivity contribution >= 4 is 26.2 Å². The van der Waals surface area contributed by atoms with E-state index in [1.807, 2.05) is 0 Å². The quantitative estimate of drug-likeness (QED) is 0.386. The van der Waals surface area contributed by atoms with Crippen LogP contribution in [0.4, 0.5) is 0 Å². The molecule has 20 heavy (non-hydrogen) atoms. The summed E-state index contributed by atoms with van der Waals surface area (Å²) < 4.78 is 20.8. The van der Waals surface area contributed by atoms with Gasteiger partial charge in [-0.2, -0.15) is 0 Å². The largest absolute Gasteiger partial charge is 1.00 e. The van der Waals surface area contributed by atoms with Gasteiger partial charge in [-0.05, 0) is 0 Å². The third-order valence-electron chi connectivity index (χ3n) is 1.88. The molecule has 0 aliphatic rings. The molecule has 0 atom stereocenters. The van der Waals surface area contributed by atoms with Crippen LogP contribution in [0.3, 0.4) is 0 Å². The van der Waals surface area contributed by atoms with Gasteiger partial charge >= 0.3 is 62.0 Å². The van der Waals surface area contributed by atoms with Crippen LogP contribution in [0.25, 0.3) is 0 Å². The van der Waals surface area contributed by atoms with E-state index in [2.05, 4.69) is 0 Å². The van der Waals surface area contributed by atoms with Crippen LogP contribution in [0.2, 0.25) is 0 Å². The number of rotatable bonds is 4. The van der Waals surface area contributed by atoms with Crippen molar-refractivity contribution in [3.8, 4) is 0 Å². The van der Waals surface area contributed by atoms with Crippen molar-refractivity contribution in [1.82, 2.24) is 0 Å². The zero-order chi connectivity index (χ0) is 14.1. The van der Waals surface area contributed by atoms with Gasteiger partial charge in [-0.25, -0.2) is 0 Å². The van der Waals surface area contributed by atoms with Gasteiger partial charge in [0.1, 0.15) is 0 Å². The SMILES string of the molecule is O=C(c1ccc(C(=O)P(=O)([O-])[O-])cc1)P(=O)([O-])[O-].[H+].[H+].[Na+].[Na+]. The first-order valence-corrected chi connectivity index (χ1v) is 7.36. The molecule has 0 amide bonds. The molecular formula is C8H6Na2O8P2.